The van der Waals surface area contributed by atoms with E-state index in [0.717, 1.165) is 16.5 Å². The number of aryl methyl sites for hydroxylation is 1. The van der Waals surface area contributed by atoms with Crippen LogP contribution < -0.4 is 10.4 Å². The van der Waals surface area contributed by atoms with Crippen LogP contribution in [0.5, 0.6) is 5.75 Å². The zero-order valence-electron chi connectivity index (χ0n) is 14.3. The van der Waals surface area contributed by atoms with E-state index in [1.54, 1.807) is 12.1 Å². The zero-order valence-corrected chi connectivity index (χ0v) is 14.3. The average Bonchev–Trinajstić information content (AvgIpc) is 2.56. The molecule has 4 nitrogen and oxygen atoms in total. The maximum atomic E-state index is 12.9. The molecule has 1 heterocycles. The fourth-order valence-corrected chi connectivity index (χ4v) is 2.69. The quantitative estimate of drug-likeness (QED) is 0.641. The number of hydrogen-bond donors (Lipinski definition) is 0. The Morgan fingerprint density at radius 3 is 2.64 bits per heavy atom. The van der Waals surface area contributed by atoms with Crippen molar-refractivity contribution in [2.75, 3.05) is 20.2 Å². The molecule has 0 saturated heterocycles. The predicted octanol–water partition coefficient (Wildman–Crippen LogP) is 3.75. The molecule has 0 spiro atoms. The van der Waals surface area contributed by atoms with Gasteiger partial charge < -0.3 is 9.15 Å². The number of halogens is 1. The second-order valence-electron chi connectivity index (χ2n) is 6.13. The van der Waals surface area contributed by atoms with Gasteiger partial charge in [-0.3, -0.25) is 4.90 Å². The average molecular weight is 341 g/mol. The lowest BCUT2D eigenvalue weighted by molar-refractivity contribution is 0.233. The van der Waals surface area contributed by atoms with Crippen LogP contribution >= 0.6 is 0 Å². The minimum Gasteiger partial charge on any atom is -0.492 e. The predicted molar refractivity (Wildman–Crippen MR) is 95.5 cm³/mol. The minimum absolute atomic E-state index is 0.283. The first kappa shape index (κ1) is 17.2. The molecule has 0 aliphatic rings. The Morgan fingerprint density at radius 1 is 1.12 bits per heavy atom. The lowest BCUT2D eigenvalue weighted by Gasteiger charge is -2.18. The van der Waals surface area contributed by atoms with Crippen LogP contribution in [0.3, 0.4) is 0 Å². The van der Waals surface area contributed by atoms with Gasteiger partial charge in [-0.1, -0.05) is 12.1 Å². The van der Waals surface area contributed by atoms with E-state index in [1.165, 1.54) is 18.2 Å². The minimum atomic E-state index is -0.343. The molecule has 0 bridgehead atoms. The number of ether oxygens (including phenoxy) is 1. The van der Waals surface area contributed by atoms with Gasteiger partial charge in [-0.2, -0.15) is 0 Å². The van der Waals surface area contributed by atoms with E-state index in [-0.39, 0.29) is 11.4 Å². The molecule has 0 N–H and O–H groups in total. The van der Waals surface area contributed by atoms with Crippen molar-refractivity contribution in [2.24, 2.45) is 0 Å². The lowest BCUT2D eigenvalue weighted by atomic mass is 10.1. The van der Waals surface area contributed by atoms with E-state index in [9.17, 15) is 9.18 Å². The van der Waals surface area contributed by atoms with Crippen LogP contribution in [0.1, 0.15) is 11.1 Å². The van der Waals surface area contributed by atoms with E-state index in [2.05, 4.69) is 4.90 Å². The number of fused-ring (bicyclic) bond motifs is 1. The van der Waals surface area contributed by atoms with Gasteiger partial charge in [-0.15, -0.1) is 0 Å². The van der Waals surface area contributed by atoms with Gasteiger partial charge in [0.25, 0.3) is 0 Å². The monoisotopic (exact) mass is 341 g/mol. The maximum absolute atomic E-state index is 12.9. The Kier molecular flexibility index (Phi) is 5.14. The van der Waals surface area contributed by atoms with E-state index in [4.69, 9.17) is 9.15 Å². The summed E-state index contributed by atoms with van der Waals surface area (Å²) in [5.41, 5.74) is 2.24. The van der Waals surface area contributed by atoms with Crippen molar-refractivity contribution in [3.05, 3.63) is 75.9 Å². The first-order chi connectivity index (χ1) is 12.0. The highest BCUT2D eigenvalue weighted by atomic mass is 19.1. The molecular weight excluding hydrogens is 321 g/mol. The van der Waals surface area contributed by atoms with E-state index < -0.39 is 0 Å². The van der Waals surface area contributed by atoms with Gasteiger partial charge >= 0.3 is 5.63 Å². The van der Waals surface area contributed by atoms with Crippen LogP contribution in [0.2, 0.25) is 0 Å². The molecule has 0 aliphatic heterocycles. The molecule has 0 fully saturated rings. The molecule has 0 radical (unpaired) electrons. The summed E-state index contributed by atoms with van der Waals surface area (Å²) in [5.74, 6) is 0.352. The molecule has 130 valence electrons. The van der Waals surface area contributed by atoms with Crippen LogP contribution in [-0.2, 0) is 6.54 Å². The fourth-order valence-electron chi connectivity index (χ4n) is 2.69. The summed E-state index contributed by atoms with van der Waals surface area (Å²) >= 11 is 0. The standard InChI is InChI=1S/C20H20FNO3/c1-14-3-8-18-15(12-20(23)25-19(18)11-14)13-22(2)9-10-24-17-6-4-16(21)5-7-17/h3-8,11-12H,9-10,13H2,1-2H3. The topological polar surface area (TPSA) is 42.7 Å². The normalized spacial score (nSPS) is 11.2. The fraction of sp³-hybridized carbons (Fsp3) is 0.250. The van der Waals surface area contributed by atoms with Gasteiger partial charge in [-0.25, -0.2) is 9.18 Å². The highest BCUT2D eigenvalue weighted by Gasteiger charge is 2.09. The van der Waals surface area contributed by atoms with E-state index in [1.807, 2.05) is 32.2 Å². The van der Waals surface area contributed by atoms with Crippen LogP contribution in [0, 0.1) is 12.7 Å². The third-order valence-electron chi connectivity index (χ3n) is 3.98. The molecule has 0 saturated carbocycles. The highest BCUT2D eigenvalue weighted by molar-refractivity contribution is 5.80. The summed E-state index contributed by atoms with van der Waals surface area (Å²) in [4.78, 5) is 13.9. The first-order valence-electron chi connectivity index (χ1n) is 8.11. The van der Waals surface area contributed by atoms with Crippen molar-refractivity contribution in [2.45, 2.75) is 13.5 Å². The Bertz CT molecular complexity index is 918. The van der Waals surface area contributed by atoms with Gasteiger partial charge in [-0.05, 0) is 55.4 Å². The summed E-state index contributed by atoms with van der Waals surface area (Å²) < 4.78 is 23.8. The van der Waals surface area contributed by atoms with Crippen LogP contribution in [-0.4, -0.2) is 25.1 Å². The Morgan fingerprint density at radius 2 is 1.88 bits per heavy atom. The number of hydrogen-bond acceptors (Lipinski definition) is 4. The number of nitrogens with zero attached hydrogens (tertiary/aromatic N) is 1. The molecule has 2 aromatic carbocycles. The molecule has 5 heteroatoms. The molecule has 0 amide bonds. The third-order valence-corrected chi connectivity index (χ3v) is 3.98. The first-order valence-corrected chi connectivity index (χ1v) is 8.11. The van der Waals surface area contributed by atoms with Crippen molar-refractivity contribution in [1.82, 2.24) is 4.90 Å². The van der Waals surface area contributed by atoms with Gasteiger partial charge in [0.1, 0.15) is 23.8 Å². The molecule has 3 aromatic rings. The number of benzene rings is 2. The second kappa shape index (κ2) is 7.49. The third kappa shape index (κ3) is 4.45. The zero-order chi connectivity index (χ0) is 17.8. The smallest absolute Gasteiger partial charge is 0.336 e. The summed E-state index contributed by atoms with van der Waals surface area (Å²) in [6.45, 7) is 3.72. The van der Waals surface area contributed by atoms with E-state index >= 15 is 0 Å². The van der Waals surface area contributed by atoms with Crippen LogP contribution in [0.25, 0.3) is 11.0 Å². The van der Waals surface area contributed by atoms with Gasteiger partial charge in [0.15, 0.2) is 0 Å². The molecule has 0 atom stereocenters. The van der Waals surface area contributed by atoms with Gasteiger partial charge in [0, 0.05) is 24.5 Å². The van der Waals surface area contributed by atoms with Gasteiger partial charge in [0.2, 0.25) is 0 Å². The SMILES string of the molecule is Cc1ccc2c(CN(C)CCOc3ccc(F)cc3)cc(=O)oc2c1. The van der Waals surface area contributed by atoms with Gasteiger partial charge in [0.05, 0.1) is 0 Å². The van der Waals surface area contributed by atoms with E-state index in [0.29, 0.717) is 31.0 Å². The van der Waals surface area contributed by atoms with Crippen molar-refractivity contribution >= 4 is 11.0 Å². The molecular formula is C20H20FNO3. The number of rotatable bonds is 6. The summed E-state index contributed by atoms with van der Waals surface area (Å²) in [7, 11) is 1.96. The van der Waals surface area contributed by atoms with Crippen molar-refractivity contribution in [3.8, 4) is 5.75 Å². The molecule has 3 rings (SSSR count). The van der Waals surface area contributed by atoms with Crippen molar-refractivity contribution in [1.29, 1.82) is 0 Å². The maximum Gasteiger partial charge on any atom is 0.336 e. The number of likely N-dealkylation sites (N-methyl/N-ethyl adjacent to an activating group) is 1. The Labute approximate surface area is 145 Å². The van der Waals surface area contributed by atoms with Crippen molar-refractivity contribution < 1.29 is 13.5 Å². The Hall–Kier alpha value is -2.66. The van der Waals surface area contributed by atoms with Crippen LogP contribution in [0.4, 0.5) is 4.39 Å². The molecule has 0 aliphatic carbocycles. The molecule has 1 aromatic heterocycles. The molecule has 0 unspecified atom stereocenters. The summed E-state index contributed by atoms with van der Waals surface area (Å²) in [6.07, 6.45) is 0. The molecule has 25 heavy (non-hydrogen) atoms. The summed E-state index contributed by atoms with van der Waals surface area (Å²) in [5, 5.41) is 0.941. The Balaban J connectivity index is 1.64. The largest absolute Gasteiger partial charge is 0.492 e. The summed E-state index contributed by atoms with van der Waals surface area (Å²) in [6, 6.07) is 13.3. The van der Waals surface area contributed by atoms with Crippen LogP contribution in [0.15, 0.2) is 57.7 Å². The van der Waals surface area contributed by atoms with Crippen molar-refractivity contribution in [3.63, 3.8) is 0 Å². The lowest BCUT2D eigenvalue weighted by Crippen LogP contribution is -2.24. The second-order valence-corrected chi connectivity index (χ2v) is 6.13. The highest BCUT2D eigenvalue weighted by Crippen LogP contribution is 2.19.